The molecule has 5 heteroatoms. The minimum Gasteiger partial charge on any atom is -0.496 e. The van der Waals surface area contributed by atoms with Crippen molar-refractivity contribution < 1.29 is 18.9 Å². The maximum atomic E-state index is 5.85. The zero-order chi connectivity index (χ0) is 22.2. The van der Waals surface area contributed by atoms with Gasteiger partial charge in [-0.3, -0.25) is 0 Å². The number of thioether (sulfide) groups is 1. The topological polar surface area (TPSA) is 36.9 Å². The Hall–Kier alpha value is -2.79. The summed E-state index contributed by atoms with van der Waals surface area (Å²) in [5.74, 6) is 3.82. The Labute approximate surface area is 189 Å². The Balaban J connectivity index is 2.07. The Kier molecular flexibility index (Phi) is 8.13. The van der Waals surface area contributed by atoms with Crippen LogP contribution in [0.5, 0.6) is 23.0 Å². The van der Waals surface area contributed by atoms with Crippen LogP contribution >= 0.6 is 11.8 Å². The zero-order valence-corrected chi connectivity index (χ0v) is 19.6. The van der Waals surface area contributed by atoms with Crippen molar-refractivity contribution in [3.8, 4) is 23.0 Å². The van der Waals surface area contributed by atoms with Gasteiger partial charge in [-0.15, -0.1) is 11.8 Å². The van der Waals surface area contributed by atoms with Gasteiger partial charge in [0.2, 0.25) is 5.75 Å². The average molecular weight is 439 g/mol. The summed E-state index contributed by atoms with van der Waals surface area (Å²) in [5, 5.41) is -0.00271. The molecule has 0 bridgehead atoms. The number of hydrogen-bond acceptors (Lipinski definition) is 5. The SMILES string of the molecule is COc1cc(OC)c(C(SCC(C)c2ccccc2)c2ccccc2)c(OC)c1OC. The molecule has 0 amide bonds. The Morgan fingerprint density at radius 1 is 0.677 bits per heavy atom. The standard InChI is InChI=1S/C26H30O4S/c1-18(19-12-8-6-9-13-19)17-31-26(20-14-10-7-11-15-20)23-21(27-2)16-22(28-3)24(29-4)25(23)30-5/h6-16,18,26H,17H2,1-5H3. The van der Waals surface area contributed by atoms with Crippen LogP contribution in [0.4, 0.5) is 0 Å². The molecule has 0 aliphatic carbocycles. The van der Waals surface area contributed by atoms with Gasteiger partial charge in [-0.05, 0) is 17.0 Å². The van der Waals surface area contributed by atoms with Gasteiger partial charge in [0.15, 0.2) is 11.5 Å². The molecule has 164 valence electrons. The quantitative estimate of drug-likeness (QED) is 0.369. The first-order valence-corrected chi connectivity index (χ1v) is 11.3. The van der Waals surface area contributed by atoms with Gasteiger partial charge in [-0.2, -0.15) is 0 Å². The molecule has 0 heterocycles. The molecular weight excluding hydrogens is 408 g/mol. The van der Waals surface area contributed by atoms with Crippen molar-refractivity contribution in [3.05, 3.63) is 83.4 Å². The van der Waals surface area contributed by atoms with E-state index in [2.05, 4.69) is 61.5 Å². The van der Waals surface area contributed by atoms with Crippen molar-refractivity contribution in [3.63, 3.8) is 0 Å². The van der Waals surface area contributed by atoms with Crippen LogP contribution in [-0.4, -0.2) is 34.2 Å². The molecule has 0 saturated heterocycles. The summed E-state index contributed by atoms with van der Waals surface area (Å²) in [6.07, 6.45) is 0. The lowest BCUT2D eigenvalue weighted by molar-refractivity contribution is 0.315. The Morgan fingerprint density at radius 2 is 1.23 bits per heavy atom. The minimum atomic E-state index is -0.00271. The normalized spacial score (nSPS) is 12.7. The fraction of sp³-hybridized carbons (Fsp3) is 0.308. The highest BCUT2D eigenvalue weighted by molar-refractivity contribution is 7.99. The summed E-state index contributed by atoms with van der Waals surface area (Å²) in [7, 11) is 6.56. The molecule has 0 N–H and O–H groups in total. The van der Waals surface area contributed by atoms with E-state index in [9.17, 15) is 0 Å². The van der Waals surface area contributed by atoms with Crippen LogP contribution in [0.3, 0.4) is 0 Å². The van der Waals surface area contributed by atoms with E-state index < -0.39 is 0 Å². The summed E-state index contributed by atoms with van der Waals surface area (Å²) < 4.78 is 22.8. The number of methoxy groups -OCH3 is 4. The van der Waals surface area contributed by atoms with E-state index in [0.717, 1.165) is 11.3 Å². The maximum Gasteiger partial charge on any atom is 0.203 e. The monoisotopic (exact) mass is 438 g/mol. The number of benzene rings is 3. The maximum absolute atomic E-state index is 5.85. The molecule has 0 aliphatic rings. The van der Waals surface area contributed by atoms with Crippen LogP contribution < -0.4 is 18.9 Å². The molecule has 31 heavy (non-hydrogen) atoms. The van der Waals surface area contributed by atoms with Crippen molar-refractivity contribution in [2.24, 2.45) is 0 Å². The average Bonchev–Trinajstić information content (AvgIpc) is 2.84. The number of rotatable bonds is 10. The molecule has 2 unspecified atom stereocenters. The van der Waals surface area contributed by atoms with E-state index >= 15 is 0 Å². The highest BCUT2D eigenvalue weighted by Gasteiger charge is 2.29. The molecule has 4 nitrogen and oxygen atoms in total. The first-order valence-electron chi connectivity index (χ1n) is 10.2. The first-order chi connectivity index (χ1) is 15.1. The van der Waals surface area contributed by atoms with Gasteiger partial charge in [0.1, 0.15) is 5.75 Å². The van der Waals surface area contributed by atoms with Gasteiger partial charge < -0.3 is 18.9 Å². The molecule has 0 fully saturated rings. The second-order valence-corrected chi connectivity index (χ2v) is 8.34. The molecule has 0 radical (unpaired) electrons. The van der Waals surface area contributed by atoms with Crippen LogP contribution in [0.25, 0.3) is 0 Å². The highest BCUT2D eigenvalue weighted by atomic mass is 32.2. The molecule has 0 saturated carbocycles. The van der Waals surface area contributed by atoms with Crippen LogP contribution in [0, 0.1) is 0 Å². The van der Waals surface area contributed by atoms with Crippen molar-refractivity contribution in [2.75, 3.05) is 34.2 Å². The van der Waals surface area contributed by atoms with Gasteiger partial charge >= 0.3 is 0 Å². The third-order valence-corrected chi connectivity index (χ3v) is 6.83. The number of hydrogen-bond donors (Lipinski definition) is 0. The van der Waals surface area contributed by atoms with Crippen molar-refractivity contribution in [1.29, 1.82) is 0 Å². The molecule has 3 rings (SSSR count). The second kappa shape index (κ2) is 11.0. The summed E-state index contributed by atoms with van der Waals surface area (Å²) in [4.78, 5) is 0. The predicted octanol–water partition coefficient (Wildman–Crippen LogP) is 6.35. The third-order valence-electron chi connectivity index (χ3n) is 5.30. The largest absolute Gasteiger partial charge is 0.496 e. The van der Waals surface area contributed by atoms with E-state index in [0.29, 0.717) is 28.9 Å². The van der Waals surface area contributed by atoms with Gasteiger partial charge in [-0.1, -0.05) is 67.6 Å². The van der Waals surface area contributed by atoms with Crippen LogP contribution in [0.2, 0.25) is 0 Å². The summed E-state index contributed by atoms with van der Waals surface area (Å²) in [6, 6.07) is 22.9. The van der Waals surface area contributed by atoms with E-state index in [1.54, 1.807) is 28.4 Å². The highest BCUT2D eigenvalue weighted by Crippen LogP contribution is 2.53. The van der Waals surface area contributed by atoms with Crippen LogP contribution in [0.15, 0.2) is 66.7 Å². The Morgan fingerprint density at radius 3 is 1.74 bits per heavy atom. The summed E-state index contributed by atoms with van der Waals surface area (Å²) >= 11 is 1.87. The van der Waals surface area contributed by atoms with Gasteiger partial charge in [-0.25, -0.2) is 0 Å². The molecule has 0 aliphatic heterocycles. The molecular formula is C26H30O4S. The third kappa shape index (κ3) is 5.10. The lowest BCUT2D eigenvalue weighted by Gasteiger charge is -2.26. The first kappa shape index (κ1) is 22.9. The van der Waals surface area contributed by atoms with Crippen molar-refractivity contribution in [1.82, 2.24) is 0 Å². The predicted molar refractivity (Wildman–Crippen MR) is 128 cm³/mol. The summed E-state index contributed by atoms with van der Waals surface area (Å²) in [6.45, 7) is 2.26. The van der Waals surface area contributed by atoms with E-state index in [1.807, 2.05) is 23.9 Å². The van der Waals surface area contributed by atoms with E-state index in [4.69, 9.17) is 18.9 Å². The van der Waals surface area contributed by atoms with E-state index in [-0.39, 0.29) is 5.25 Å². The zero-order valence-electron chi connectivity index (χ0n) is 18.8. The van der Waals surface area contributed by atoms with Crippen molar-refractivity contribution in [2.45, 2.75) is 18.1 Å². The van der Waals surface area contributed by atoms with Gasteiger partial charge in [0.05, 0.1) is 39.3 Å². The van der Waals surface area contributed by atoms with Crippen molar-refractivity contribution >= 4 is 11.8 Å². The fourth-order valence-corrected chi connectivity index (χ4v) is 5.08. The molecule has 3 aromatic carbocycles. The number of ether oxygens (including phenoxy) is 4. The van der Waals surface area contributed by atoms with Gasteiger partial charge in [0.25, 0.3) is 0 Å². The summed E-state index contributed by atoms with van der Waals surface area (Å²) in [5.41, 5.74) is 3.45. The molecule has 0 spiro atoms. The second-order valence-electron chi connectivity index (χ2n) is 7.20. The lowest BCUT2D eigenvalue weighted by atomic mass is 10.0. The van der Waals surface area contributed by atoms with Crippen LogP contribution in [0.1, 0.15) is 34.8 Å². The molecule has 2 atom stereocenters. The fourth-order valence-electron chi connectivity index (χ4n) is 3.67. The van der Waals surface area contributed by atoms with Crippen LogP contribution in [-0.2, 0) is 0 Å². The molecule has 0 aromatic heterocycles. The van der Waals surface area contributed by atoms with Gasteiger partial charge in [0, 0.05) is 11.8 Å². The minimum absolute atomic E-state index is 0.00271. The Bertz CT molecular complexity index is 960. The van der Waals surface area contributed by atoms with E-state index in [1.165, 1.54) is 11.1 Å². The lowest BCUT2D eigenvalue weighted by Crippen LogP contribution is -2.08. The smallest absolute Gasteiger partial charge is 0.203 e. The molecule has 3 aromatic rings.